The zero-order valence-corrected chi connectivity index (χ0v) is 9.64. The molecule has 1 atom stereocenters. The molecule has 0 radical (unpaired) electrons. The number of unbranched alkanes of at least 4 members (excludes halogenated alkanes) is 1. The normalized spacial score (nSPS) is 13.9. The van der Waals surface area contributed by atoms with E-state index in [1.165, 1.54) is 6.42 Å². The molecule has 0 aromatic carbocycles. The molecule has 0 saturated carbocycles. The predicted molar refractivity (Wildman–Crippen MR) is 62.0 cm³/mol. The Kier molecular flexibility index (Phi) is 8.33. The molecule has 0 heterocycles. The molecule has 0 rings (SSSR count). The van der Waals surface area contributed by atoms with Crippen molar-refractivity contribution >= 4 is 5.96 Å². The van der Waals surface area contributed by atoms with Crippen LogP contribution in [0.1, 0.15) is 46.5 Å². The first-order chi connectivity index (χ1) is 6.74. The van der Waals surface area contributed by atoms with Gasteiger partial charge in [-0.15, -0.1) is 0 Å². The molecule has 0 aliphatic rings. The number of aliphatic imine (C=N–C) groups is 1. The molecule has 0 aliphatic heterocycles. The second-order valence-electron chi connectivity index (χ2n) is 3.56. The molecule has 0 bridgehead atoms. The van der Waals surface area contributed by atoms with E-state index in [9.17, 15) is 0 Å². The van der Waals surface area contributed by atoms with Crippen molar-refractivity contribution < 1.29 is 0 Å². The van der Waals surface area contributed by atoms with Crippen LogP contribution in [0.25, 0.3) is 0 Å². The smallest absolute Gasteiger partial charge is 0.205 e. The minimum absolute atomic E-state index is 0.427. The molecule has 0 amide bonds. The Morgan fingerprint density at radius 2 is 2.07 bits per heavy atom. The van der Waals surface area contributed by atoms with Crippen LogP contribution in [0.5, 0.6) is 0 Å². The third-order valence-corrected chi connectivity index (χ3v) is 2.02. The molecule has 4 N–H and O–H groups in total. The van der Waals surface area contributed by atoms with E-state index in [2.05, 4.69) is 36.5 Å². The lowest BCUT2D eigenvalue weighted by Gasteiger charge is -2.15. The summed E-state index contributed by atoms with van der Waals surface area (Å²) in [7, 11) is 0. The number of nitrogens with zero attached hydrogens (tertiary/aromatic N) is 1. The lowest BCUT2D eigenvalue weighted by Crippen LogP contribution is -2.45. The molecule has 0 aliphatic carbocycles. The number of rotatable bonds is 6. The Bertz CT molecular complexity index is 156. The number of hydrogen-bond donors (Lipinski definition) is 3. The first kappa shape index (κ1) is 13.2. The lowest BCUT2D eigenvalue weighted by atomic mass is 10.2. The Labute approximate surface area is 87.3 Å². The van der Waals surface area contributed by atoms with Gasteiger partial charge in [-0.25, -0.2) is 5.84 Å². The van der Waals surface area contributed by atoms with Crippen LogP contribution < -0.4 is 16.6 Å². The van der Waals surface area contributed by atoms with Gasteiger partial charge < -0.3 is 5.32 Å². The van der Waals surface area contributed by atoms with Gasteiger partial charge in [-0.05, 0) is 19.8 Å². The van der Waals surface area contributed by atoms with Gasteiger partial charge in [-0.3, -0.25) is 10.4 Å². The van der Waals surface area contributed by atoms with Crippen LogP contribution in [0, 0.1) is 0 Å². The Hall–Kier alpha value is -0.770. The number of guanidine groups is 1. The van der Waals surface area contributed by atoms with Gasteiger partial charge >= 0.3 is 0 Å². The Balaban J connectivity index is 3.81. The minimum Gasteiger partial charge on any atom is -0.353 e. The van der Waals surface area contributed by atoms with Crippen LogP contribution in [0.2, 0.25) is 0 Å². The third-order valence-electron chi connectivity index (χ3n) is 2.02. The summed E-state index contributed by atoms with van der Waals surface area (Å²) in [4.78, 5) is 4.32. The fourth-order valence-corrected chi connectivity index (χ4v) is 1.22. The van der Waals surface area contributed by atoms with Crippen LogP contribution in [0.4, 0.5) is 0 Å². The predicted octanol–water partition coefficient (Wildman–Crippen LogP) is 1.38. The van der Waals surface area contributed by atoms with Crippen LogP contribution in [-0.2, 0) is 0 Å². The summed E-state index contributed by atoms with van der Waals surface area (Å²) in [5.74, 6) is 6.06. The summed E-state index contributed by atoms with van der Waals surface area (Å²) in [6.07, 6.45) is 4.57. The monoisotopic (exact) mass is 200 g/mol. The second-order valence-corrected chi connectivity index (χ2v) is 3.56. The second kappa shape index (κ2) is 8.81. The van der Waals surface area contributed by atoms with Gasteiger partial charge in [0, 0.05) is 12.6 Å². The Morgan fingerprint density at radius 1 is 1.36 bits per heavy atom. The van der Waals surface area contributed by atoms with Crippen molar-refractivity contribution in [2.75, 3.05) is 6.54 Å². The zero-order chi connectivity index (χ0) is 10.8. The number of hydrogen-bond acceptors (Lipinski definition) is 2. The van der Waals surface area contributed by atoms with Crippen molar-refractivity contribution in [3.8, 4) is 0 Å². The standard InChI is InChI=1S/C10H24N4/c1-4-6-8-12-10(14-11)13-9(3)7-5-2/h9H,4-8,11H2,1-3H3,(H2,12,13,14). The maximum absolute atomic E-state index is 5.36. The average Bonchev–Trinajstić information content (AvgIpc) is 2.17. The van der Waals surface area contributed by atoms with Crippen molar-refractivity contribution in [1.29, 1.82) is 0 Å². The molecule has 0 fully saturated rings. The van der Waals surface area contributed by atoms with Crippen LogP contribution in [0.15, 0.2) is 4.99 Å². The SMILES string of the molecule is CCCCN=C(NN)NC(C)CCC. The quantitative estimate of drug-likeness (QED) is 0.200. The summed E-state index contributed by atoms with van der Waals surface area (Å²) < 4.78 is 0. The van der Waals surface area contributed by atoms with Gasteiger partial charge in [0.1, 0.15) is 0 Å². The average molecular weight is 200 g/mol. The highest BCUT2D eigenvalue weighted by Gasteiger charge is 2.01. The maximum atomic E-state index is 5.36. The fourth-order valence-electron chi connectivity index (χ4n) is 1.22. The molecule has 4 heteroatoms. The van der Waals surface area contributed by atoms with Gasteiger partial charge in [-0.1, -0.05) is 26.7 Å². The minimum atomic E-state index is 0.427. The van der Waals surface area contributed by atoms with Gasteiger partial charge in [-0.2, -0.15) is 0 Å². The van der Waals surface area contributed by atoms with Crippen LogP contribution >= 0.6 is 0 Å². The first-order valence-corrected chi connectivity index (χ1v) is 5.52. The van der Waals surface area contributed by atoms with Crippen molar-refractivity contribution in [2.45, 2.75) is 52.5 Å². The molecule has 0 spiro atoms. The van der Waals surface area contributed by atoms with Crippen molar-refractivity contribution in [1.82, 2.24) is 10.7 Å². The Morgan fingerprint density at radius 3 is 2.57 bits per heavy atom. The van der Waals surface area contributed by atoms with E-state index < -0.39 is 0 Å². The summed E-state index contributed by atoms with van der Waals surface area (Å²) in [6.45, 7) is 7.29. The summed E-state index contributed by atoms with van der Waals surface area (Å²) in [5, 5.41) is 3.24. The zero-order valence-electron chi connectivity index (χ0n) is 9.64. The lowest BCUT2D eigenvalue weighted by molar-refractivity contribution is 0.584. The summed E-state index contributed by atoms with van der Waals surface area (Å²) in [5.41, 5.74) is 2.59. The molecular weight excluding hydrogens is 176 g/mol. The molecular formula is C10H24N4. The molecule has 0 saturated heterocycles. The van der Waals surface area contributed by atoms with Crippen LogP contribution in [-0.4, -0.2) is 18.5 Å². The molecule has 4 nitrogen and oxygen atoms in total. The highest BCUT2D eigenvalue weighted by Crippen LogP contribution is 1.94. The highest BCUT2D eigenvalue weighted by molar-refractivity contribution is 5.79. The van der Waals surface area contributed by atoms with E-state index in [1.54, 1.807) is 0 Å². The topological polar surface area (TPSA) is 62.4 Å². The fraction of sp³-hybridized carbons (Fsp3) is 0.900. The van der Waals surface area contributed by atoms with Gasteiger partial charge in [0.2, 0.25) is 5.96 Å². The van der Waals surface area contributed by atoms with E-state index in [0.717, 1.165) is 25.8 Å². The highest BCUT2D eigenvalue weighted by atomic mass is 15.3. The van der Waals surface area contributed by atoms with Gasteiger partial charge in [0.15, 0.2) is 0 Å². The largest absolute Gasteiger partial charge is 0.353 e. The van der Waals surface area contributed by atoms with Crippen LogP contribution in [0.3, 0.4) is 0 Å². The van der Waals surface area contributed by atoms with Crippen molar-refractivity contribution in [3.63, 3.8) is 0 Å². The summed E-state index contributed by atoms with van der Waals surface area (Å²) >= 11 is 0. The molecule has 1 unspecified atom stereocenters. The number of hydrazine groups is 1. The van der Waals surface area contributed by atoms with Gasteiger partial charge in [0.05, 0.1) is 0 Å². The number of nitrogens with two attached hydrogens (primary N) is 1. The van der Waals surface area contributed by atoms with E-state index in [1.807, 2.05) is 0 Å². The first-order valence-electron chi connectivity index (χ1n) is 5.52. The van der Waals surface area contributed by atoms with E-state index >= 15 is 0 Å². The molecule has 84 valence electrons. The number of nitrogens with one attached hydrogen (secondary N) is 2. The van der Waals surface area contributed by atoms with E-state index in [-0.39, 0.29) is 0 Å². The van der Waals surface area contributed by atoms with E-state index in [4.69, 9.17) is 5.84 Å². The van der Waals surface area contributed by atoms with E-state index in [0.29, 0.717) is 12.0 Å². The maximum Gasteiger partial charge on any atom is 0.205 e. The third kappa shape index (κ3) is 6.71. The summed E-state index contributed by atoms with van der Waals surface area (Å²) in [6, 6.07) is 0.427. The molecule has 14 heavy (non-hydrogen) atoms. The van der Waals surface area contributed by atoms with Crippen molar-refractivity contribution in [3.05, 3.63) is 0 Å². The molecule has 0 aromatic heterocycles. The van der Waals surface area contributed by atoms with Gasteiger partial charge in [0.25, 0.3) is 0 Å². The molecule has 0 aromatic rings. The van der Waals surface area contributed by atoms with Crippen molar-refractivity contribution in [2.24, 2.45) is 10.8 Å².